The van der Waals surface area contributed by atoms with Crippen molar-refractivity contribution < 1.29 is 0 Å². The molecule has 1 aromatic carbocycles. The summed E-state index contributed by atoms with van der Waals surface area (Å²) in [5.41, 5.74) is 4.40. The van der Waals surface area contributed by atoms with Gasteiger partial charge in [0.1, 0.15) is 0 Å². The van der Waals surface area contributed by atoms with Crippen molar-refractivity contribution >= 4 is 27.3 Å². The smallest absolute Gasteiger partial charge is 0.0529 e. The molecule has 1 aromatic heterocycles. The third kappa shape index (κ3) is 3.35. The van der Waals surface area contributed by atoms with Gasteiger partial charge in [-0.05, 0) is 56.2 Å². The first kappa shape index (κ1) is 14.3. The average molecular weight is 349 g/mol. The molecule has 0 N–H and O–H groups in total. The van der Waals surface area contributed by atoms with Crippen molar-refractivity contribution in [2.45, 2.75) is 50.3 Å². The number of halogens is 1. The lowest BCUT2D eigenvalue weighted by molar-refractivity contribution is 0.712. The van der Waals surface area contributed by atoms with Crippen LogP contribution < -0.4 is 0 Å². The van der Waals surface area contributed by atoms with Gasteiger partial charge in [-0.3, -0.25) is 0 Å². The van der Waals surface area contributed by atoms with E-state index in [1.165, 1.54) is 48.1 Å². The van der Waals surface area contributed by atoms with Crippen LogP contribution in [0.2, 0.25) is 0 Å². The van der Waals surface area contributed by atoms with Crippen LogP contribution in [0.25, 0.3) is 0 Å². The first-order valence-electron chi connectivity index (χ1n) is 7.53. The maximum atomic E-state index is 3.90. The molecule has 0 nitrogen and oxygen atoms in total. The summed E-state index contributed by atoms with van der Waals surface area (Å²) in [4.78, 5) is 3.62. The van der Waals surface area contributed by atoms with Gasteiger partial charge >= 0.3 is 0 Å². The summed E-state index contributed by atoms with van der Waals surface area (Å²) in [6.07, 6.45) is 7.81. The third-order valence-corrected chi connectivity index (χ3v) is 6.54. The van der Waals surface area contributed by atoms with Crippen LogP contribution in [-0.4, -0.2) is 0 Å². The van der Waals surface area contributed by atoms with Gasteiger partial charge in [-0.1, -0.05) is 52.2 Å². The van der Waals surface area contributed by atoms with Crippen molar-refractivity contribution in [2.24, 2.45) is 0 Å². The van der Waals surface area contributed by atoms with Crippen LogP contribution in [0.1, 0.15) is 50.5 Å². The third-order valence-electron chi connectivity index (χ3n) is 4.07. The summed E-state index contributed by atoms with van der Waals surface area (Å²) in [6, 6.07) is 11.3. The van der Waals surface area contributed by atoms with E-state index in [2.05, 4.69) is 53.2 Å². The zero-order chi connectivity index (χ0) is 13.9. The highest BCUT2D eigenvalue weighted by atomic mass is 79.9. The lowest BCUT2D eigenvalue weighted by Gasteiger charge is -2.08. The van der Waals surface area contributed by atoms with Gasteiger partial charge in [-0.2, -0.15) is 0 Å². The van der Waals surface area contributed by atoms with Gasteiger partial charge in [0.05, 0.1) is 4.83 Å². The van der Waals surface area contributed by atoms with E-state index >= 15 is 0 Å². The highest BCUT2D eigenvalue weighted by Gasteiger charge is 2.17. The average Bonchev–Trinajstić information content (AvgIpc) is 2.70. The molecule has 20 heavy (non-hydrogen) atoms. The van der Waals surface area contributed by atoms with Crippen molar-refractivity contribution in [1.29, 1.82) is 0 Å². The van der Waals surface area contributed by atoms with Crippen LogP contribution in [-0.2, 0) is 19.3 Å². The summed E-state index contributed by atoms with van der Waals surface area (Å²) in [6.45, 7) is 2.17. The van der Waals surface area contributed by atoms with Crippen LogP contribution in [0.15, 0.2) is 30.3 Å². The Hall–Kier alpha value is -0.600. The van der Waals surface area contributed by atoms with E-state index < -0.39 is 0 Å². The fraction of sp³-hybridized carbons (Fsp3) is 0.444. The maximum absolute atomic E-state index is 3.90. The summed E-state index contributed by atoms with van der Waals surface area (Å²) < 4.78 is 0. The van der Waals surface area contributed by atoms with E-state index in [9.17, 15) is 0 Å². The van der Waals surface area contributed by atoms with Crippen molar-refractivity contribution in [1.82, 2.24) is 0 Å². The molecule has 0 radical (unpaired) electrons. The van der Waals surface area contributed by atoms with E-state index in [0.29, 0.717) is 4.83 Å². The van der Waals surface area contributed by atoms with Crippen LogP contribution in [0, 0.1) is 6.92 Å². The predicted molar refractivity (Wildman–Crippen MR) is 92.1 cm³/mol. The van der Waals surface area contributed by atoms with Gasteiger partial charge in [0, 0.05) is 9.75 Å². The topological polar surface area (TPSA) is 0 Å². The van der Waals surface area contributed by atoms with Crippen LogP contribution >= 0.6 is 27.3 Å². The second kappa shape index (κ2) is 6.44. The molecule has 0 fully saturated rings. The number of rotatable bonds is 3. The largest absolute Gasteiger partial charge is 0.144 e. The Morgan fingerprint density at radius 3 is 2.85 bits per heavy atom. The zero-order valence-electron chi connectivity index (χ0n) is 12.0. The van der Waals surface area contributed by atoms with E-state index in [1.54, 1.807) is 10.4 Å². The Morgan fingerprint density at radius 2 is 2.00 bits per heavy atom. The number of hydrogen-bond acceptors (Lipinski definition) is 1. The maximum Gasteiger partial charge on any atom is 0.0529 e. The Kier molecular flexibility index (Phi) is 4.62. The number of fused-ring (bicyclic) bond motifs is 1. The minimum Gasteiger partial charge on any atom is -0.144 e. The Morgan fingerprint density at radius 1 is 1.15 bits per heavy atom. The number of hydrogen-bond donors (Lipinski definition) is 0. The molecule has 1 aliphatic carbocycles. The number of aryl methyl sites for hydroxylation is 3. The summed E-state index contributed by atoms with van der Waals surface area (Å²) in [5, 5.41) is 0. The molecule has 1 heterocycles. The van der Waals surface area contributed by atoms with Crippen molar-refractivity contribution in [2.75, 3.05) is 0 Å². The molecule has 1 atom stereocenters. The number of benzene rings is 1. The molecule has 2 heteroatoms. The SMILES string of the molecule is Cc1cccc(CC(Br)c2cc3c(s2)CCCCC3)c1. The quantitative estimate of drug-likeness (QED) is 0.471. The minimum absolute atomic E-state index is 0.459. The molecular weight excluding hydrogens is 328 g/mol. The van der Waals surface area contributed by atoms with Crippen LogP contribution in [0.5, 0.6) is 0 Å². The molecular formula is C18H21BrS. The summed E-state index contributed by atoms with van der Waals surface area (Å²) >= 11 is 5.94. The van der Waals surface area contributed by atoms with Crippen LogP contribution in [0.4, 0.5) is 0 Å². The zero-order valence-corrected chi connectivity index (χ0v) is 14.4. The lowest BCUT2D eigenvalue weighted by Crippen LogP contribution is -1.93. The fourth-order valence-electron chi connectivity index (χ4n) is 2.99. The molecule has 3 rings (SSSR count). The molecule has 0 saturated carbocycles. The molecule has 0 aliphatic heterocycles. The van der Waals surface area contributed by atoms with E-state index in [4.69, 9.17) is 0 Å². The summed E-state index contributed by atoms with van der Waals surface area (Å²) in [5.74, 6) is 0. The first-order valence-corrected chi connectivity index (χ1v) is 9.26. The van der Waals surface area contributed by atoms with Gasteiger partial charge in [0.15, 0.2) is 0 Å². The van der Waals surface area contributed by atoms with E-state index in [1.807, 2.05) is 11.3 Å². The fourth-order valence-corrected chi connectivity index (χ4v) is 5.01. The molecule has 0 amide bonds. The Bertz CT molecular complexity index is 561. The molecule has 1 unspecified atom stereocenters. The first-order chi connectivity index (χ1) is 9.72. The molecule has 1 aliphatic rings. The molecule has 2 aromatic rings. The Labute approximate surface area is 134 Å². The molecule has 0 saturated heterocycles. The second-order valence-electron chi connectivity index (χ2n) is 5.82. The molecule has 0 spiro atoms. The number of alkyl halides is 1. The highest BCUT2D eigenvalue weighted by Crippen LogP contribution is 2.37. The van der Waals surface area contributed by atoms with Gasteiger partial charge in [-0.25, -0.2) is 0 Å². The highest BCUT2D eigenvalue weighted by molar-refractivity contribution is 9.09. The van der Waals surface area contributed by atoms with Gasteiger partial charge < -0.3 is 0 Å². The van der Waals surface area contributed by atoms with E-state index in [-0.39, 0.29) is 0 Å². The normalized spacial score (nSPS) is 16.5. The summed E-state index contributed by atoms with van der Waals surface area (Å²) in [7, 11) is 0. The monoisotopic (exact) mass is 348 g/mol. The van der Waals surface area contributed by atoms with Crippen LogP contribution in [0.3, 0.4) is 0 Å². The van der Waals surface area contributed by atoms with E-state index in [0.717, 1.165) is 6.42 Å². The molecule has 106 valence electrons. The Balaban J connectivity index is 1.75. The second-order valence-corrected chi connectivity index (χ2v) is 8.09. The van der Waals surface area contributed by atoms with Crippen molar-refractivity contribution in [3.8, 4) is 0 Å². The standard InChI is InChI=1S/C18H21BrS/c1-13-6-5-7-14(10-13)11-16(19)18-12-15-8-3-2-4-9-17(15)20-18/h5-7,10,12,16H,2-4,8-9,11H2,1H3. The minimum atomic E-state index is 0.459. The predicted octanol–water partition coefficient (Wildman–Crippen LogP) is 6.00. The van der Waals surface area contributed by atoms with Gasteiger partial charge in [0.25, 0.3) is 0 Å². The lowest BCUT2D eigenvalue weighted by atomic mass is 10.1. The van der Waals surface area contributed by atoms with Gasteiger partial charge in [-0.15, -0.1) is 11.3 Å². The van der Waals surface area contributed by atoms with Crippen molar-refractivity contribution in [3.63, 3.8) is 0 Å². The van der Waals surface area contributed by atoms with Gasteiger partial charge in [0.2, 0.25) is 0 Å². The van der Waals surface area contributed by atoms with Crippen molar-refractivity contribution in [3.05, 3.63) is 56.8 Å². The molecule has 0 bridgehead atoms. The number of thiophene rings is 1.